The highest BCUT2D eigenvalue weighted by atomic mass is 16.5. The van der Waals surface area contributed by atoms with Crippen molar-refractivity contribution in [3.05, 3.63) is 0 Å². The summed E-state index contributed by atoms with van der Waals surface area (Å²) in [5.41, 5.74) is -1.02. The highest BCUT2D eigenvalue weighted by molar-refractivity contribution is 5.83. The number of amides is 2. The molecule has 2 atom stereocenters. The number of hydrogen-bond acceptors (Lipinski definition) is 4. The summed E-state index contributed by atoms with van der Waals surface area (Å²) in [4.78, 5) is 33.5. The van der Waals surface area contributed by atoms with Crippen LogP contribution in [0.4, 0.5) is 4.79 Å². The van der Waals surface area contributed by atoms with Crippen LogP contribution in [-0.2, 0) is 14.3 Å². The number of urea groups is 1. The summed E-state index contributed by atoms with van der Waals surface area (Å²) in [6, 6.07) is -1.39. The molecule has 0 aromatic heterocycles. The molecule has 2 amide bonds. The third-order valence-electron chi connectivity index (χ3n) is 2.84. The molecular weight excluding hydrogens is 240 g/mol. The van der Waals surface area contributed by atoms with E-state index in [1.54, 1.807) is 13.8 Å². The lowest BCUT2D eigenvalue weighted by Gasteiger charge is -2.23. The monoisotopic (exact) mass is 260 g/mol. The number of carboxylic acids is 1. The van der Waals surface area contributed by atoms with Crippen molar-refractivity contribution in [2.45, 2.75) is 33.2 Å². The van der Waals surface area contributed by atoms with Gasteiger partial charge >= 0.3 is 18.0 Å². The molecule has 3 N–H and O–H groups in total. The molecule has 0 saturated heterocycles. The number of aliphatic carboxylic acids is 1. The van der Waals surface area contributed by atoms with Gasteiger partial charge in [0.2, 0.25) is 0 Å². The summed E-state index contributed by atoms with van der Waals surface area (Å²) in [5.74, 6) is -1.55. The molecule has 0 rings (SSSR count). The van der Waals surface area contributed by atoms with Gasteiger partial charge < -0.3 is 20.5 Å². The number of ether oxygens (including phenoxy) is 1. The Bertz CT molecular complexity index is 331. The van der Waals surface area contributed by atoms with Gasteiger partial charge in [0, 0.05) is 6.54 Å². The second kappa shape index (κ2) is 6.83. The van der Waals surface area contributed by atoms with Gasteiger partial charge in [-0.15, -0.1) is 0 Å². The van der Waals surface area contributed by atoms with E-state index in [2.05, 4.69) is 15.4 Å². The number of carbonyl (C=O) groups is 3. The Morgan fingerprint density at radius 1 is 1.39 bits per heavy atom. The number of hydrogen-bond donors (Lipinski definition) is 3. The largest absolute Gasteiger partial charge is 0.481 e. The van der Waals surface area contributed by atoms with Crippen molar-refractivity contribution < 1.29 is 24.2 Å². The van der Waals surface area contributed by atoms with Gasteiger partial charge in [0.15, 0.2) is 0 Å². The Morgan fingerprint density at radius 3 is 2.33 bits per heavy atom. The fourth-order valence-corrected chi connectivity index (χ4v) is 1.11. The van der Waals surface area contributed by atoms with Crippen LogP contribution in [0.1, 0.15) is 27.2 Å². The molecule has 0 aromatic rings. The van der Waals surface area contributed by atoms with Crippen molar-refractivity contribution in [2.24, 2.45) is 5.41 Å². The lowest BCUT2D eigenvalue weighted by atomic mass is 9.88. The summed E-state index contributed by atoms with van der Waals surface area (Å²) in [6.45, 7) is 4.73. The second-order valence-electron chi connectivity index (χ2n) is 4.29. The van der Waals surface area contributed by atoms with E-state index in [1.807, 2.05) is 0 Å². The minimum absolute atomic E-state index is 0.0153. The first-order chi connectivity index (χ1) is 8.26. The number of rotatable bonds is 6. The van der Waals surface area contributed by atoms with Crippen LogP contribution in [0.3, 0.4) is 0 Å². The molecule has 7 nitrogen and oxygen atoms in total. The van der Waals surface area contributed by atoms with E-state index >= 15 is 0 Å². The summed E-state index contributed by atoms with van der Waals surface area (Å²) in [7, 11) is 1.22. The zero-order valence-corrected chi connectivity index (χ0v) is 11.1. The maximum atomic E-state index is 11.4. The minimum Gasteiger partial charge on any atom is -0.481 e. The molecule has 0 aliphatic rings. The van der Waals surface area contributed by atoms with Crippen LogP contribution in [0.2, 0.25) is 0 Å². The first-order valence-electron chi connectivity index (χ1n) is 5.62. The highest BCUT2D eigenvalue weighted by Crippen LogP contribution is 2.19. The van der Waals surface area contributed by atoms with Gasteiger partial charge in [-0.25, -0.2) is 9.59 Å². The number of nitrogens with one attached hydrogen (secondary N) is 2. The third-order valence-corrected chi connectivity index (χ3v) is 2.84. The molecule has 0 aliphatic carbocycles. The van der Waals surface area contributed by atoms with Gasteiger partial charge in [0.05, 0.1) is 12.5 Å². The molecule has 0 bridgehead atoms. The van der Waals surface area contributed by atoms with Crippen LogP contribution in [0, 0.1) is 5.41 Å². The number of carbonyl (C=O) groups excluding carboxylic acids is 2. The van der Waals surface area contributed by atoms with Gasteiger partial charge in [0.25, 0.3) is 0 Å². The smallest absolute Gasteiger partial charge is 0.328 e. The van der Waals surface area contributed by atoms with E-state index in [9.17, 15) is 14.4 Å². The van der Waals surface area contributed by atoms with Crippen molar-refractivity contribution >= 4 is 18.0 Å². The van der Waals surface area contributed by atoms with Gasteiger partial charge in [-0.3, -0.25) is 4.79 Å². The summed E-state index contributed by atoms with van der Waals surface area (Å²) < 4.78 is 4.44. The Balaban J connectivity index is 4.26. The van der Waals surface area contributed by atoms with Crippen LogP contribution in [0.25, 0.3) is 0 Å². The molecule has 0 spiro atoms. The number of esters is 1. The summed E-state index contributed by atoms with van der Waals surface area (Å²) in [5, 5.41) is 13.8. The average Bonchev–Trinajstić information content (AvgIpc) is 2.34. The Hall–Kier alpha value is -1.79. The van der Waals surface area contributed by atoms with Gasteiger partial charge in [0.1, 0.15) is 6.04 Å². The molecule has 0 fully saturated rings. The van der Waals surface area contributed by atoms with E-state index in [1.165, 1.54) is 14.0 Å². The van der Waals surface area contributed by atoms with Crippen molar-refractivity contribution in [3.63, 3.8) is 0 Å². The fraction of sp³-hybridized carbons (Fsp3) is 0.727. The molecule has 0 saturated carbocycles. The van der Waals surface area contributed by atoms with E-state index in [4.69, 9.17) is 5.11 Å². The second-order valence-corrected chi connectivity index (χ2v) is 4.29. The maximum absolute atomic E-state index is 11.4. The van der Waals surface area contributed by atoms with Gasteiger partial charge in [-0.2, -0.15) is 0 Å². The van der Waals surface area contributed by atoms with Crippen LogP contribution >= 0.6 is 0 Å². The SMILES string of the molecule is CCC(C)(CNC(=O)NC(C)C(=O)OC)C(=O)O. The molecule has 2 unspecified atom stereocenters. The lowest BCUT2D eigenvalue weighted by Crippen LogP contribution is -2.48. The predicted molar refractivity (Wildman–Crippen MR) is 64.0 cm³/mol. The fourth-order valence-electron chi connectivity index (χ4n) is 1.11. The minimum atomic E-state index is -1.02. The number of methoxy groups -OCH3 is 1. The van der Waals surface area contributed by atoms with Gasteiger partial charge in [-0.05, 0) is 20.3 Å². The molecule has 7 heteroatoms. The molecule has 0 aliphatic heterocycles. The van der Waals surface area contributed by atoms with Crippen LogP contribution in [-0.4, -0.2) is 42.8 Å². The van der Waals surface area contributed by atoms with Crippen molar-refractivity contribution in [1.82, 2.24) is 10.6 Å². The molecule has 0 aromatic carbocycles. The first-order valence-corrected chi connectivity index (χ1v) is 5.62. The highest BCUT2D eigenvalue weighted by Gasteiger charge is 2.31. The zero-order valence-electron chi connectivity index (χ0n) is 11.1. The molecular formula is C11H20N2O5. The zero-order chi connectivity index (χ0) is 14.3. The molecule has 0 radical (unpaired) electrons. The van der Waals surface area contributed by atoms with E-state index in [0.29, 0.717) is 6.42 Å². The average molecular weight is 260 g/mol. The third kappa shape index (κ3) is 4.60. The van der Waals surface area contributed by atoms with E-state index in [-0.39, 0.29) is 6.54 Å². The molecule has 0 heterocycles. The van der Waals surface area contributed by atoms with Crippen molar-refractivity contribution in [2.75, 3.05) is 13.7 Å². The Labute approximate surface area is 106 Å². The normalized spacial score (nSPS) is 15.1. The van der Waals surface area contributed by atoms with Crippen molar-refractivity contribution in [3.8, 4) is 0 Å². The van der Waals surface area contributed by atoms with Crippen molar-refractivity contribution in [1.29, 1.82) is 0 Å². The molecule has 104 valence electrons. The molecule has 18 heavy (non-hydrogen) atoms. The number of carboxylic acid groups (broad SMARTS) is 1. The summed E-state index contributed by atoms with van der Waals surface area (Å²) in [6.07, 6.45) is 0.384. The van der Waals surface area contributed by atoms with Crippen LogP contribution < -0.4 is 10.6 Å². The Kier molecular flexibility index (Phi) is 6.15. The Morgan fingerprint density at radius 2 is 1.94 bits per heavy atom. The topological polar surface area (TPSA) is 105 Å². The van der Waals surface area contributed by atoms with Crippen LogP contribution in [0.5, 0.6) is 0 Å². The van der Waals surface area contributed by atoms with E-state index in [0.717, 1.165) is 0 Å². The first kappa shape index (κ1) is 16.2. The quantitative estimate of drug-likeness (QED) is 0.598. The maximum Gasteiger partial charge on any atom is 0.328 e. The lowest BCUT2D eigenvalue weighted by molar-refractivity contribution is -0.147. The summed E-state index contributed by atoms with van der Waals surface area (Å²) >= 11 is 0. The van der Waals surface area contributed by atoms with Crippen LogP contribution in [0.15, 0.2) is 0 Å². The predicted octanol–water partition coefficient (Wildman–Crippen LogP) is 0.348. The van der Waals surface area contributed by atoms with Gasteiger partial charge in [-0.1, -0.05) is 6.92 Å². The van der Waals surface area contributed by atoms with E-state index < -0.39 is 29.4 Å². The standard InChI is InChI=1S/C11H20N2O5/c1-5-11(3,9(15)16)6-12-10(17)13-7(2)8(14)18-4/h7H,5-6H2,1-4H3,(H,15,16)(H2,12,13,17).